The molecular weight excluding hydrogens is 467 g/mol. The molecule has 1 aliphatic heterocycles. The van der Waals surface area contributed by atoms with Gasteiger partial charge >= 0.3 is 0 Å². The first-order valence-electron chi connectivity index (χ1n) is 9.45. The Balaban J connectivity index is 0.00000280. The lowest BCUT2D eigenvalue weighted by atomic mass is 10.1. The zero-order valence-corrected chi connectivity index (χ0v) is 18.6. The van der Waals surface area contributed by atoms with Gasteiger partial charge in [0.05, 0.1) is 24.9 Å². The molecule has 6 nitrogen and oxygen atoms in total. The molecule has 0 aliphatic carbocycles. The minimum absolute atomic E-state index is 0. The summed E-state index contributed by atoms with van der Waals surface area (Å²) in [5, 5.41) is 6.60. The molecule has 1 aliphatic rings. The minimum Gasteiger partial charge on any atom is -0.381 e. The highest BCUT2D eigenvalue weighted by Gasteiger charge is 2.13. The summed E-state index contributed by atoms with van der Waals surface area (Å²) < 4.78 is 11.3. The molecule has 0 radical (unpaired) electrons. The second-order valence-electron chi connectivity index (χ2n) is 6.54. The van der Waals surface area contributed by atoms with Crippen molar-refractivity contribution in [2.24, 2.45) is 4.99 Å². The number of hydrogen-bond acceptors (Lipinski definition) is 4. The zero-order valence-electron chi connectivity index (χ0n) is 16.3. The molecule has 0 amide bonds. The molecule has 0 bridgehead atoms. The van der Waals surface area contributed by atoms with Gasteiger partial charge in [-0.2, -0.15) is 0 Å². The molecule has 1 aromatic heterocycles. The van der Waals surface area contributed by atoms with E-state index in [1.807, 2.05) is 18.2 Å². The molecule has 0 unspecified atom stereocenters. The third-order valence-corrected chi connectivity index (χ3v) is 4.52. The van der Waals surface area contributed by atoms with Crippen LogP contribution in [0.25, 0.3) is 0 Å². The maximum Gasteiger partial charge on any atom is 0.191 e. The Labute approximate surface area is 184 Å². The minimum atomic E-state index is 0. The van der Waals surface area contributed by atoms with Crippen molar-refractivity contribution in [3.8, 4) is 0 Å². The summed E-state index contributed by atoms with van der Waals surface area (Å²) in [5.74, 6) is 0.757. The van der Waals surface area contributed by atoms with Gasteiger partial charge in [-0.15, -0.1) is 24.0 Å². The van der Waals surface area contributed by atoms with Gasteiger partial charge in [0.15, 0.2) is 5.96 Å². The van der Waals surface area contributed by atoms with Crippen molar-refractivity contribution in [1.82, 2.24) is 15.6 Å². The lowest BCUT2D eigenvalue weighted by molar-refractivity contribution is -0.0390. The number of hydrogen-bond donors (Lipinski definition) is 2. The highest BCUT2D eigenvalue weighted by Crippen LogP contribution is 2.14. The maximum absolute atomic E-state index is 5.97. The summed E-state index contributed by atoms with van der Waals surface area (Å²) in [6.45, 7) is 3.63. The summed E-state index contributed by atoms with van der Waals surface area (Å²) in [6, 6.07) is 14.4. The quantitative estimate of drug-likeness (QED) is 0.350. The fourth-order valence-electron chi connectivity index (χ4n) is 2.89. The van der Waals surface area contributed by atoms with Crippen LogP contribution in [-0.2, 0) is 29.2 Å². The van der Waals surface area contributed by atoms with Crippen LogP contribution < -0.4 is 10.6 Å². The number of benzene rings is 1. The molecule has 152 valence electrons. The molecule has 1 fully saturated rings. The number of aliphatic imine (C=N–C) groups is 1. The largest absolute Gasteiger partial charge is 0.381 e. The molecule has 1 saturated heterocycles. The fourth-order valence-corrected chi connectivity index (χ4v) is 2.89. The SMILES string of the molecule is CN=C(NCc1ccc(COC2CCOCC2)cc1)NCc1ccccn1.I. The van der Waals surface area contributed by atoms with Crippen LogP contribution >= 0.6 is 24.0 Å². The number of nitrogens with one attached hydrogen (secondary N) is 2. The van der Waals surface area contributed by atoms with E-state index < -0.39 is 0 Å². The number of guanidine groups is 1. The highest BCUT2D eigenvalue weighted by atomic mass is 127. The van der Waals surface area contributed by atoms with E-state index in [0.29, 0.717) is 25.8 Å². The van der Waals surface area contributed by atoms with Crippen molar-refractivity contribution in [2.45, 2.75) is 38.6 Å². The van der Waals surface area contributed by atoms with Crippen molar-refractivity contribution < 1.29 is 9.47 Å². The summed E-state index contributed by atoms with van der Waals surface area (Å²) in [5.41, 5.74) is 3.38. The van der Waals surface area contributed by atoms with Crippen LogP contribution in [0.5, 0.6) is 0 Å². The maximum atomic E-state index is 5.97. The van der Waals surface area contributed by atoms with Gasteiger partial charge in [0.2, 0.25) is 0 Å². The lowest BCUT2D eigenvalue weighted by Gasteiger charge is -2.22. The van der Waals surface area contributed by atoms with E-state index in [0.717, 1.165) is 37.7 Å². The van der Waals surface area contributed by atoms with Crippen LogP contribution in [0.1, 0.15) is 29.7 Å². The number of pyridine rings is 1. The second-order valence-corrected chi connectivity index (χ2v) is 6.54. The average molecular weight is 496 g/mol. The van der Waals surface area contributed by atoms with Crippen LogP contribution in [-0.4, -0.2) is 37.3 Å². The van der Waals surface area contributed by atoms with Crippen molar-refractivity contribution in [2.75, 3.05) is 20.3 Å². The molecule has 3 rings (SSSR count). The molecule has 2 N–H and O–H groups in total. The standard InChI is InChI=1S/C21H28N4O2.HI/c1-22-21(25-15-19-4-2-3-11-23-19)24-14-17-5-7-18(8-6-17)16-27-20-9-12-26-13-10-20;/h2-8,11,20H,9-10,12-16H2,1H3,(H2,22,24,25);1H. The lowest BCUT2D eigenvalue weighted by Crippen LogP contribution is -2.36. The van der Waals surface area contributed by atoms with Gasteiger partial charge in [-0.25, -0.2) is 0 Å². The highest BCUT2D eigenvalue weighted by molar-refractivity contribution is 14.0. The summed E-state index contributed by atoms with van der Waals surface area (Å²) >= 11 is 0. The number of halogens is 1. The van der Waals surface area contributed by atoms with Gasteiger partial charge in [0.1, 0.15) is 0 Å². The molecule has 1 aromatic carbocycles. The first kappa shape index (κ1) is 22.6. The third kappa shape index (κ3) is 7.73. The molecule has 0 atom stereocenters. The van der Waals surface area contributed by atoms with E-state index >= 15 is 0 Å². The predicted molar refractivity (Wildman–Crippen MR) is 122 cm³/mol. The van der Waals surface area contributed by atoms with Crippen LogP contribution in [0, 0.1) is 0 Å². The van der Waals surface area contributed by atoms with E-state index in [-0.39, 0.29) is 24.0 Å². The van der Waals surface area contributed by atoms with Gasteiger partial charge in [-0.3, -0.25) is 9.98 Å². The van der Waals surface area contributed by atoms with Crippen molar-refractivity contribution in [3.63, 3.8) is 0 Å². The normalized spacial score (nSPS) is 15.0. The zero-order chi connectivity index (χ0) is 18.7. The summed E-state index contributed by atoms with van der Waals surface area (Å²) in [7, 11) is 1.77. The van der Waals surface area contributed by atoms with E-state index in [2.05, 4.69) is 44.9 Å². The summed E-state index contributed by atoms with van der Waals surface area (Å²) in [4.78, 5) is 8.55. The molecule has 2 heterocycles. The summed E-state index contributed by atoms with van der Waals surface area (Å²) in [6.07, 6.45) is 4.10. The van der Waals surface area contributed by atoms with E-state index in [1.165, 1.54) is 11.1 Å². The Kier molecular flexibility index (Phi) is 10.2. The molecule has 0 saturated carbocycles. The number of rotatable bonds is 7. The first-order valence-corrected chi connectivity index (χ1v) is 9.45. The van der Waals surface area contributed by atoms with Crippen molar-refractivity contribution in [3.05, 3.63) is 65.5 Å². The predicted octanol–water partition coefficient (Wildman–Crippen LogP) is 3.26. The Bertz CT molecular complexity index is 704. The van der Waals surface area contributed by atoms with Gasteiger partial charge < -0.3 is 20.1 Å². The molecule has 7 heteroatoms. The number of ether oxygens (including phenoxy) is 2. The monoisotopic (exact) mass is 496 g/mol. The van der Waals surface area contributed by atoms with Gasteiger partial charge in [0.25, 0.3) is 0 Å². The van der Waals surface area contributed by atoms with Gasteiger partial charge in [-0.1, -0.05) is 30.3 Å². The Hall–Kier alpha value is -1.71. The van der Waals surface area contributed by atoms with Crippen LogP contribution in [0.2, 0.25) is 0 Å². The van der Waals surface area contributed by atoms with Crippen LogP contribution in [0.4, 0.5) is 0 Å². The molecule has 2 aromatic rings. The van der Waals surface area contributed by atoms with E-state index in [4.69, 9.17) is 9.47 Å². The molecule has 28 heavy (non-hydrogen) atoms. The molecular formula is C21H29IN4O2. The third-order valence-electron chi connectivity index (χ3n) is 4.52. The smallest absolute Gasteiger partial charge is 0.191 e. The second kappa shape index (κ2) is 12.7. The van der Waals surface area contributed by atoms with E-state index in [9.17, 15) is 0 Å². The topological polar surface area (TPSA) is 67.8 Å². The fraction of sp³-hybridized carbons (Fsp3) is 0.429. The Morgan fingerprint density at radius 3 is 2.46 bits per heavy atom. The van der Waals surface area contributed by atoms with Crippen molar-refractivity contribution >= 4 is 29.9 Å². The van der Waals surface area contributed by atoms with Crippen molar-refractivity contribution in [1.29, 1.82) is 0 Å². The Morgan fingerprint density at radius 1 is 1.07 bits per heavy atom. The number of aromatic nitrogens is 1. The average Bonchev–Trinajstić information content (AvgIpc) is 2.74. The van der Waals surface area contributed by atoms with Crippen LogP contribution in [0.15, 0.2) is 53.7 Å². The van der Waals surface area contributed by atoms with Gasteiger partial charge in [0, 0.05) is 33.0 Å². The Morgan fingerprint density at radius 2 is 1.79 bits per heavy atom. The van der Waals surface area contributed by atoms with Crippen LogP contribution in [0.3, 0.4) is 0 Å². The molecule has 0 spiro atoms. The first-order chi connectivity index (χ1) is 13.3. The number of nitrogens with zero attached hydrogens (tertiary/aromatic N) is 2. The van der Waals surface area contributed by atoms with Gasteiger partial charge in [-0.05, 0) is 36.1 Å². The van der Waals surface area contributed by atoms with E-state index in [1.54, 1.807) is 13.2 Å².